The first-order valence-corrected chi connectivity index (χ1v) is 7.70. The summed E-state index contributed by atoms with van der Waals surface area (Å²) in [5, 5.41) is 7.70. The van der Waals surface area contributed by atoms with E-state index in [1.165, 1.54) is 17.5 Å². The number of halogens is 1. The lowest BCUT2D eigenvalue weighted by Gasteiger charge is -2.27. The summed E-state index contributed by atoms with van der Waals surface area (Å²) in [5.41, 5.74) is 0.837. The molecule has 1 atom stereocenters. The van der Waals surface area contributed by atoms with Gasteiger partial charge in [0.15, 0.2) is 0 Å². The molecule has 0 spiro atoms. The Morgan fingerprint density at radius 1 is 1.58 bits per heavy atom. The summed E-state index contributed by atoms with van der Waals surface area (Å²) in [5.74, 6) is 0. The molecule has 106 valence electrons. The van der Waals surface area contributed by atoms with E-state index in [4.69, 9.17) is 0 Å². The minimum Gasteiger partial charge on any atom is -0.368 e. The zero-order valence-electron chi connectivity index (χ0n) is 11.5. The summed E-state index contributed by atoms with van der Waals surface area (Å²) in [6.07, 6.45) is 4.22. The minimum absolute atomic E-state index is 0.0576. The van der Waals surface area contributed by atoms with E-state index in [1.807, 2.05) is 6.92 Å². The van der Waals surface area contributed by atoms with Gasteiger partial charge in [0, 0.05) is 25.7 Å². The monoisotopic (exact) mass is 328 g/mol. The third-order valence-electron chi connectivity index (χ3n) is 3.59. The molecule has 1 aromatic rings. The van der Waals surface area contributed by atoms with Crippen molar-refractivity contribution in [3.63, 3.8) is 0 Å². The Balaban J connectivity index is 2.22. The maximum atomic E-state index is 12.1. The van der Waals surface area contributed by atoms with E-state index in [2.05, 4.69) is 38.2 Å². The fourth-order valence-corrected chi connectivity index (χ4v) is 3.04. The van der Waals surface area contributed by atoms with Crippen LogP contribution in [-0.2, 0) is 6.54 Å². The van der Waals surface area contributed by atoms with Gasteiger partial charge < -0.3 is 10.2 Å². The Morgan fingerprint density at radius 3 is 2.95 bits per heavy atom. The third-order valence-corrected chi connectivity index (χ3v) is 4.34. The molecule has 1 saturated heterocycles. The molecule has 0 saturated carbocycles. The van der Waals surface area contributed by atoms with Crippen molar-refractivity contribution in [3.8, 4) is 0 Å². The number of nitrogens with one attached hydrogen (secondary N) is 1. The van der Waals surface area contributed by atoms with Crippen molar-refractivity contribution >= 4 is 21.6 Å². The van der Waals surface area contributed by atoms with E-state index in [-0.39, 0.29) is 5.56 Å². The van der Waals surface area contributed by atoms with Gasteiger partial charge in [-0.15, -0.1) is 0 Å². The average Bonchev–Trinajstić information content (AvgIpc) is 2.92. The lowest BCUT2D eigenvalue weighted by atomic mass is 10.2. The first kappa shape index (κ1) is 14.5. The van der Waals surface area contributed by atoms with Gasteiger partial charge in [0.2, 0.25) is 0 Å². The fourth-order valence-electron chi connectivity index (χ4n) is 2.48. The standard InChI is InChI=1S/C13H21BrN4O/c1-3-17(9-10-6-5-7-15-10)11-8-16-18(4-2)13(19)12(11)14/h8,10,15H,3-7,9H2,1-2H3. The molecule has 0 bridgehead atoms. The zero-order valence-corrected chi connectivity index (χ0v) is 13.1. The molecular formula is C13H21BrN4O. The van der Waals surface area contributed by atoms with E-state index >= 15 is 0 Å². The SMILES string of the molecule is CCN(CC1CCCN1)c1cnn(CC)c(=O)c1Br. The highest BCUT2D eigenvalue weighted by Gasteiger charge is 2.20. The fraction of sp³-hybridized carbons (Fsp3) is 0.692. The van der Waals surface area contributed by atoms with Crippen molar-refractivity contribution < 1.29 is 0 Å². The first-order valence-electron chi connectivity index (χ1n) is 6.91. The van der Waals surface area contributed by atoms with Gasteiger partial charge in [-0.05, 0) is 49.2 Å². The highest BCUT2D eigenvalue weighted by Crippen LogP contribution is 2.22. The van der Waals surface area contributed by atoms with Crippen LogP contribution in [0, 0.1) is 0 Å². The molecule has 0 aromatic carbocycles. The molecule has 1 aliphatic rings. The summed E-state index contributed by atoms with van der Waals surface area (Å²) in [4.78, 5) is 14.3. The smallest absolute Gasteiger partial charge is 0.283 e. The molecule has 1 aliphatic heterocycles. The normalized spacial score (nSPS) is 18.8. The Kier molecular flexibility index (Phi) is 4.99. The van der Waals surface area contributed by atoms with E-state index in [9.17, 15) is 4.79 Å². The van der Waals surface area contributed by atoms with E-state index < -0.39 is 0 Å². The summed E-state index contributed by atoms with van der Waals surface area (Å²) in [7, 11) is 0. The maximum absolute atomic E-state index is 12.1. The quantitative estimate of drug-likeness (QED) is 0.892. The second-order valence-electron chi connectivity index (χ2n) is 4.80. The average molecular weight is 329 g/mol. The summed E-state index contributed by atoms with van der Waals surface area (Å²) < 4.78 is 2.08. The van der Waals surface area contributed by atoms with Crippen molar-refractivity contribution in [2.45, 2.75) is 39.3 Å². The van der Waals surface area contributed by atoms with Gasteiger partial charge in [0.05, 0.1) is 11.9 Å². The Morgan fingerprint density at radius 2 is 2.37 bits per heavy atom. The molecule has 1 aromatic heterocycles. The number of aromatic nitrogens is 2. The molecule has 19 heavy (non-hydrogen) atoms. The first-order chi connectivity index (χ1) is 9.17. The van der Waals surface area contributed by atoms with Gasteiger partial charge in [-0.25, -0.2) is 4.68 Å². The van der Waals surface area contributed by atoms with Crippen molar-refractivity contribution in [2.75, 3.05) is 24.5 Å². The van der Waals surface area contributed by atoms with Crippen LogP contribution in [0.2, 0.25) is 0 Å². The lowest BCUT2D eigenvalue weighted by Crippen LogP contribution is -2.38. The van der Waals surface area contributed by atoms with Crippen LogP contribution in [0.1, 0.15) is 26.7 Å². The van der Waals surface area contributed by atoms with E-state index in [1.54, 1.807) is 6.20 Å². The van der Waals surface area contributed by atoms with Crippen LogP contribution in [0.15, 0.2) is 15.5 Å². The molecule has 6 heteroatoms. The molecular weight excluding hydrogens is 308 g/mol. The third kappa shape index (κ3) is 3.17. The molecule has 1 fully saturated rings. The predicted octanol–water partition coefficient (Wildman–Crippen LogP) is 1.60. The van der Waals surface area contributed by atoms with Crippen molar-refractivity contribution in [1.29, 1.82) is 0 Å². The molecule has 0 aliphatic carbocycles. The van der Waals surface area contributed by atoms with Crippen LogP contribution in [0.4, 0.5) is 5.69 Å². The number of hydrogen-bond acceptors (Lipinski definition) is 4. The van der Waals surface area contributed by atoms with Crippen LogP contribution >= 0.6 is 15.9 Å². The summed E-state index contributed by atoms with van der Waals surface area (Å²) in [6, 6.07) is 0.514. The second-order valence-corrected chi connectivity index (χ2v) is 5.59. The van der Waals surface area contributed by atoms with E-state index in [0.29, 0.717) is 17.1 Å². The van der Waals surface area contributed by atoms with Gasteiger partial charge in [0.25, 0.3) is 5.56 Å². The number of hydrogen-bond donors (Lipinski definition) is 1. The Hall–Kier alpha value is -0.880. The van der Waals surface area contributed by atoms with Crippen LogP contribution in [0.3, 0.4) is 0 Å². The summed E-state index contributed by atoms with van der Waals surface area (Å²) in [6.45, 7) is 7.50. The number of rotatable bonds is 5. The van der Waals surface area contributed by atoms with Gasteiger partial charge in [-0.3, -0.25) is 4.79 Å². The highest BCUT2D eigenvalue weighted by molar-refractivity contribution is 9.10. The Labute approximate surface area is 122 Å². The van der Waals surface area contributed by atoms with Crippen LogP contribution < -0.4 is 15.8 Å². The molecule has 1 unspecified atom stereocenters. The number of nitrogens with zero attached hydrogens (tertiary/aromatic N) is 3. The van der Waals surface area contributed by atoms with Gasteiger partial charge in [-0.1, -0.05) is 0 Å². The van der Waals surface area contributed by atoms with Crippen molar-refractivity contribution in [2.24, 2.45) is 0 Å². The topological polar surface area (TPSA) is 50.2 Å². The molecule has 0 radical (unpaired) electrons. The number of anilines is 1. The van der Waals surface area contributed by atoms with Crippen molar-refractivity contribution in [3.05, 3.63) is 21.0 Å². The molecule has 5 nitrogen and oxygen atoms in total. The number of aryl methyl sites for hydroxylation is 1. The van der Waals surface area contributed by atoms with E-state index in [0.717, 1.165) is 25.3 Å². The van der Waals surface area contributed by atoms with Gasteiger partial charge in [-0.2, -0.15) is 5.10 Å². The minimum atomic E-state index is -0.0576. The lowest BCUT2D eigenvalue weighted by molar-refractivity contribution is 0.577. The zero-order chi connectivity index (χ0) is 13.8. The Bertz CT molecular complexity index is 482. The summed E-state index contributed by atoms with van der Waals surface area (Å²) >= 11 is 3.43. The van der Waals surface area contributed by atoms with Crippen LogP contribution in [0.25, 0.3) is 0 Å². The highest BCUT2D eigenvalue weighted by atomic mass is 79.9. The molecule has 1 N–H and O–H groups in total. The largest absolute Gasteiger partial charge is 0.368 e. The van der Waals surface area contributed by atoms with Crippen LogP contribution in [0.5, 0.6) is 0 Å². The molecule has 2 rings (SSSR count). The van der Waals surface area contributed by atoms with Crippen molar-refractivity contribution in [1.82, 2.24) is 15.1 Å². The maximum Gasteiger partial charge on any atom is 0.283 e. The van der Waals surface area contributed by atoms with Gasteiger partial charge in [0.1, 0.15) is 4.47 Å². The predicted molar refractivity (Wildman–Crippen MR) is 80.8 cm³/mol. The number of likely N-dealkylation sites (N-methyl/N-ethyl adjacent to an activating group) is 1. The molecule has 0 amide bonds. The molecule has 2 heterocycles. The van der Waals surface area contributed by atoms with Gasteiger partial charge >= 0.3 is 0 Å². The van der Waals surface area contributed by atoms with Crippen LogP contribution in [-0.4, -0.2) is 35.5 Å². The second kappa shape index (κ2) is 6.52.